The molecule has 2 fully saturated rings. The van der Waals surface area contributed by atoms with Crippen LogP contribution in [-0.2, 0) is 14.8 Å². The fourth-order valence-electron chi connectivity index (χ4n) is 4.30. The van der Waals surface area contributed by atoms with Gasteiger partial charge in [-0.15, -0.1) is 11.3 Å². The maximum absolute atomic E-state index is 13.2. The summed E-state index contributed by atoms with van der Waals surface area (Å²) in [6.07, 6.45) is 5.51. The smallest absolute Gasteiger partial charge is 0.246 e. The number of nitrogens with one attached hydrogen (secondary N) is 1. The van der Waals surface area contributed by atoms with Crippen molar-refractivity contribution in [1.29, 1.82) is 0 Å². The van der Waals surface area contributed by atoms with Crippen LogP contribution in [0.15, 0.2) is 34.7 Å². The predicted octanol–water partition coefficient (Wildman–Crippen LogP) is 2.48. The number of carbonyl (C=O) groups is 1. The van der Waals surface area contributed by atoms with Gasteiger partial charge < -0.3 is 15.0 Å². The molecule has 2 aliphatic heterocycles. The first-order chi connectivity index (χ1) is 16.0. The van der Waals surface area contributed by atoms with Crippen LogP contribution in [0.3, 0.4) is 0 Å². The third-order valence-corrected chi connectivity index (χ3v) is 8.78. The first-order valence-corrected chi connectivity index (χ1v) is 13.6. The number of hydrogen-bond donors (Lipinski definition) is 1. The third-order valence-electron chi connectivity index (χ3n) is 6.03. The molecule has 0 bridgehead atoms. The van der Waals surface area contributed by atoms with Gasteiger partial charge in [0.1, 0.15) is 10.6 Å². The second kappa shape index (κ2) is 10.8. The van der Waals surface area contributed by atoms with Crippen LogP contribution < -0.4 is 15.0 Å². The average Bonchev–Trinajstić information content (AvgIpc) is 3.27. The van der Waals surface area contributed by atoms with Gasteiger partial charge in [0.25, 0.3) is 0 Å². The lowest BCUT2D eigenvalue weighted by Crippen LogP contribution is -2.36. The van der Waals surface area contributed by atoms with E-state index in [1.165, 1.54) is 17.5 Å². The Morgan fingerprint density at radius 1 is 1.09 bits per heavy atom. The van der Waals surface area contributed by atoms with Crippen molar-refractivity contribution in [3.05, 3.63) is 29.8 Å². The standard InChI is InChI=1S/C22H31N5O4S2/c1-31-19-7-6-18(16-20(19)33(29,30)27-11-3-2-4-12-27)24-21(28)17-25-9-5-10-26(14-13-25)22-23-8-15-32-22/h6-8,15-16H,2-5,9-14,17H2,1H3,(H,24,28). The molecule has 0 spiro atoms. The number of carbonyl (C=O) groups excluding carboxylic acids is 1. The fourth-order valence-corrected chi connectivity index (χ4v) is 6.69. The lowest BCUT2D eigenvalue weighted by molar-refractivity contribution is -0.117. The van der Waals surface area contributed by atoms with Gasteiger partial charge in [0, 0.05) is 56.5 Å². The number of benzene rings is 1. The molecule has 0 radical (unpaired) electrons. The molecule has 11 heteroatoms. The summed E-state index contributed by atoms with van der Waals surface area (Å²) in [5, 5.41) is 5.86. The van der Waals surface area contributed by atoms with Crippen molar-refractivity contribution in [2.45, 2.75) is 30.6 Å². The predicted molar refractivity (Wildman–Crippen MR) is 130 cm³/mol. The maximum Gasteiger partial charge on any atom is 0.246 e. The molecule has 3 heterocycles. The van der Waals surface area contributed by atoms with E-state index in [4.69, 9.17) is 4.74 Å². The number of piperidine rings is 1. The van der Waals surface area contributed by atoms with Crippen LogP contribution in [-0.4, -0.2) is 81.4 Å². The summed E-state index contributed by atoms with van der Waals surface area (Å²) < 4.78 is 33.2. The van der Waals surface area contributed by atoms with E-state index in [2.05, 4.69) is 20.1 Å². The lowest BCUT2D eigenvalue weighted by atomic mass is 10.2. The lowest BCUT2D eigenvalue weighted by Gasteiger charge is -2.26. The van der Waals surface area contributed by atoms with E-state index in [-0.39, 0.29) is 23.1 Å². The zero-order chi connectivity index (χ0) is 23.3. The summed E-state index contributed by atoms with van der Waals surface area (Å²) in [6, 6.07) is 4.79. The first kappa shape index (κ1) is 23.9. The molecule has 0 aliphatic carbocycles. The SMILES string of the molecule is COc1ccc(NC(=O)CN2CCCN(c3nccs3)CC2)cc1S(=O)(=O)N1CCCCC1. The Morgan fingerprint density at radius 3 is 2.64 bits per heavy atom. The Morgan fingerprint density at radius 2 is 1.91 bits per heavy atom. The Kier molecular flexibility index (Phi) is 7.84. The molecule has 1 amide bonds. The van der Waals surface area contributed by atoms with Crippen molar-refractivity contribution in [3.63, 3.8) is 0 Å². The zero-order valence-electron chi connectivity index (χ0n) is 18.9. The molecule has 0 unspecified atom stereocenters. The van der Waals surface area contributed by atoms with E-state index in [0.29, 0.717) is 18.8 Å². The van der Waals surface area contributed by atoms with E-state index < -0.39 is 10.0 Å². The number of nitrogens with zero attached hydrogens (tertiary/aromatic N) is 4. The number of thiazole rings is 1. The Labute approximate surface area is 199 Å². The zero-order valence-corrected chi connectivity index (χ0v) is 20.5. The number of aromatic nitrogens is 1. The minimum atomic E-state index is -3.69. The molecule has 1 N–H and O–H groups in total. The van der Waals surface area contributed by atoms with Gasteiger partial charge in [-0.1, -0.05) is 6.42 Å². The van der Waals surface area contributed by atoms with Crippen LogP contribution in [0.4, 0.5) is 10.8 Å². The maximum atomic E-state index is 13.2. The molecule has 33 heavy (non-hydrogen) atoms. The monoisotopic (exact) mass is 493 g/mol. The minimum absolute atomic E-state index is 0.0959. The normalized spacial score (nSPS) is 18.6. The Bertz CT molecular complexity index is 1040. The van der Waals surface area contributed by atoms with Gasteiger partial charge >= 0.3 is 0 Å². The molecular formula is C22H31N5O4S2. The number of methoxy groups -OCH3 is 1. The highest BCUT2D eigenvalue weighted by Gasteiger charge is 2.29. The number of anilines is 2. The van der Waals surface area contributed by atoms with Crippen LogP contribution in [0.1, 0.15) is 25.7 Å². The molecule has 2 aromatic rings. The fraction of sp³-hybridized carbons (Fsp3) is 0.545. The molecule has 2 saturated heterocycles. The van der Waals surface area contributed by atoms with Crippen LogP contribution in [0, 0.1) is 0 Å². The highest BCUT2D eigenvalue weighted by molar-refractivity contribution is 7.89. The van der Waals surface area contributed by atoms with Crippen molar-refractivity contribution >= 4 is 38.1 Å². The van der Waals surface area contributed by atoms with Crippen molar-refractivity contribution in [2.75, 3.05) is 63.1 Å². The van der Waals surface area contributed by atoms with Crippen molar-refractivity contribution in [3.8, 4) is 5.75 Å². The van der Waals surface area contributed by atoms with Gasteiger partial charge in [0.2, 0.25) is 15.9 Å². The number of sulfonamides is 1. The number of amides is 1. The van der Waals surface area contributed by atoms with Crippen molar-refractivity contribution in [1.82, 2.24) is 14.2 Å². The molecular weight excluding hydrogens is 462 g/mol. The minimum Gasteiger partial charge on any atom is -0.495 e. The summed E-state index contributed by atoms with van der Waals surface area (Å²) in [4.78, 5) is 21.6. The average molecular weight is 494 g/mol. The molecule has 180 valence electrons. The molecule has 9 nitrogen and oxygen atoms in total. The Balaban J connectivity index is 1.40. The summed E-state index contributed by atoms with van der Waals surface area (Å²) in [5.41, 5.74) is 0.454. The Hall–Kier alpha value is -2.21. The molecule has 1 aromatic heterocycles. The van der Waals surface area contributed by atoms with E-state index >= 15 is 0 Å². The van der Waals surface area contributed by atoms with Crippen LogP contribution in [0.25, 0.3) is 0 Å². The second-order valence-electron chi connectivity index (χ2n) is 8.31. The van der Waals surface area contributed by atoms with Gasteiger partial charge in [0.05, 0.1) is 13.7 Å². The van der Waals surface area contributed by atoms with Gasteiger partial charge in [-0.25, -0.2) is 13.4 Å². The summed E-state index contributed by atoms with van der Waals surface area (Å²) >= 11 is 1.63. The van der Waals surface area contributed by atoms with E-state index in [1.807, 2.05) is 11.6 Å². The molecule has 0 saturated carbocycles. The number of ether oxygens (including phenoxy) is 1. The topological polar surface area (TPSA) is 95.1 Å². The largest absolute Gasteiger partial charge is 0.495 e. The molecule has 4 rings (SSSR count). The van der Waals surface area contributed by atoms with E-state index in [9.17, 15) is 13.2 Å². The molecule has 0 atom stereocenters. The summed E-state index contributed by atoms with van der Waals surface area (Å²) in [5.74, 6) is 0.123. The second-order valence-corrected chi connectivity index (χ2v) is 11.1. The number of hydrogen-bond acceptors (Lipinski definition) is 8. The van der Waals surface area contributed by atoms with Gasteiger partial charge in [-0.3, -0.25) is 9.69 Å². The molecule has 1 aromatic carbocycles. The number of rotatable bonds is 7. The van der Waals surface area contributed by atoms with Gasteiger partial charge in [-0.2, -0.15) is 4.31 Å². The van der Waals surface area contributed by atoms with E-state index in [1.54, 1.807) is 23.5 Å². The van der Waals surface area contributed by atoms with Crippen LogP contribution >= 0.6 is 11.3 Å². The first-order valence-electron chi connectivity index (χ1n) is 11.3. The van der Waals surface area contributed by atoms with Crippen LogP contribution in [0.2, 0.25) is 0 Å². The van der Waals surface area contributed by atoms with Crippen molar-refractivity contribution in [2.24, 2.45) is 0 Å². The van der Waals surface area contributed by atoms with Crippen LogP contribution in [0.5, 0.6) is 5.75 Å². The molecule has 2 aliphatic rings. The van der Waals surface area contributed by atoms with Crippen molar-refractivity contribution < 1.29 is 17.9 Å². The summed E-state index contributed by atoms with van der Waals surface area (Å²) in [7, 11) is -2.23. The third kappa shape index (κ3) is 5.84. The highest BCUT2D eigenvalue weighted by Crippen LogP contribution is 2.31. The van der Waals surface area contributed by atoms with E-state index in [0.717, 1.165) is 57.0 Å². The van der Waals surface area contributed by atoms with Gasteiger partial charge in [0.15, 0.2) is 5.13 Å². The highest BCUT2D eigenvalue weighted by atomic mass is 32.2. The quantitative estimate of drug-likeness (QED) is 0.633. The van der Waals surface area contributed by atoms with Gasteiger partial charge in [-0.05, 0) is 37.5 Å². The summed E-state index contributed by atoms with van der Waals surface area (Å²) in [6.45, 7) is 4.61.